The molecule has 6 nitrogen and oxygen atoms in total. The fourth-order valence-corrected chi connectivity index (χ4v) is 5.38. The fraction of sp³-hybridized carbons (Fsp3) is 0.120. The molecule has 0 saturated heterocycles. The molecule has 1 atom stereocenters. The Morgan fingerprint density at radius 3 is 2.48 bits per heavy atom. The predicted molar refractivity (Wildman–Crippen MR) is 134 cm³/mol. The van der Waals surface area contributed by atoms with Gasteiger partial charge in [0, 0.05) is 11.9 Å². The van der Waals surface area contributed by atoms with Crippen LogP contribution in [0.5, 0.6) is 5.75 Å². The standard InChI is InChI=1S/C25H23N3O3S2/c1-16-7-6-8-17(2)24(16)28-33(30)23-15-18(10-11-20(23)31-3)27-25(29)22-13-12-21(32-22)19-9-4-5-14-26-19/h4-15,28H,1-3H3,(H,27,29). The smallest absolute Gasteiger partial charge is 0.265 e. The summed E-state index contributed by atoms with van der Waals surface area (Å²) < 4.78 is 21.7. The van der Waals surface area contributed by atoms with Crippen LogP contribution in [0.3, 0.4) is 0 Å². The number of rotatable bonds is 7. The number of hydrogen-bond acceptors (Lipinski definition) is 5. The Hall–Kier alpha value is -3.49. The van der Waals surface area contributed by atoms with E-state index in [0.29, 0.717) is 21.2 Å². The lowest BCUT2D eigenvalue weighted by Crippen LogP contribution is -2.12. The number of carbonyl (C=O) groups is 1. The summed E-state index contributed by atoms with van der Waals surface area (Å²) in [7, 11) is -0.0628. The molecule has 4 rings (SSSR count). The Morgan fingerprint density at radius 2 is 1.79 bits per heavy atom. The summed E-state index contributed by atoms with van der Waals surface area (Å²) >= 11 is 1.36. The molecule has 33 heavy (non-hydrogen) atoms. The van der Waals surface area contributed by atoms with Crippen molar-refractivity contribution in [1.82, 2.24) is 4.98 Å². The number of methoxy groups -OCH3 is 1. The van der Waals surface area contributed by atoms with Crippen molar-refractivity contribution in [3.8, 4) is 16.3 Å². The van der Waals surface area contributed by atoms with Crippen molar-refractivity contribution >= 4 is 39.6 Å². The van der Waals surface area contributed by atoms with Gasteiger partial charge in [-0.3, -0.25) is 9.78 Å². The minimum absolute atomic E-state index is 0.244. The summed E-state index contributed by atoms with van der Waals surface area (Å²) in [5.74, 6) is 0.227. The van der Waals surface area contributed by atoms with E-state index in [4.69, 9.17) is 4.74 Å². The van der Waals surface area contributed by atoms with Crippen LogP contribution >= 0.6 is 11.3 Å². The number of aromatic nitrogens is 1. The summed E-state index contributed by atoms with van der Waals surface area (Å²) in [5, 5.41) is 2.89. The molecular weight excluding hydrogens is 454 g/mol. The van der Waals surface area contributed by atoms with E-state index in [0.717, 1.165) is 27.4 Å². The van der Waals surface area contributed by atoms with Crippen molar-refractivity contribution in [2.45, 2.75) is 18.7 Å². The van der Waals surface area contributed by atoms with Gasteiger partial charge in [-0.15, -0.1) is 11.3 Å². The number of carbonyl (C=O) groups excluding carboxylic acids is 1. The van der Waals surface area contributed by atoms with Crippen LogP contribution in [0.25, 0.3) is 10.6 Å². The van der Waals surface area contributed by atoms with Gasteiger partial charge in [-0.1, -0.05) is 24.3 Å². The molecule has 0 radical (unpaired) electrons. The van der Waals surface area contributed by atoms with E-state index >= 15 is 0 Å². The number of pyridine rings is 1. The Balaban J connectivity index is 1.55. The molecule has 0 spiro atoms. The van der Waals surface area contributed by atoms with Gasteiger partial charge in [0.2, 0.25) is 0 Å². The molecule has 0 bridgehead atoms. The van der Waals surface area contributed by atoms with E-state index in [1.54, 1.807) is 30.5 Å². The quantitative estimate of drug-likeness (QED) is 0.351. The third-order valence-corrected chi connectivity index (χ3v) is 7.26. The van der Waals surface area contributed by atoms with E-state index in [1.807, 2.05) is 56.3 Å². The van der Waals surface area contributed by atoms with Crippen molar-refractivity contribution in [2.24, 2.45) is 0 Å². The van der Waals surface area contributed by atoms with Crippen LogP contribution in [0, 0.1) is 13.8 Å². The number of nitrogens with zero attached hydrogens (tertiary/aromatic N) is 1. The van der Waals surface area contributed by atoms with Crippen molar-refractivity contribution in [3.05, 3.63) is 88.9 Å². The molecule has 2 aromatic carbocycles. The first-order chi connectivity index (χ1) is 16.0. The third kappa shape index (κ3) is 5.13. The van der Waals surface area contributed by atoms with Gasteiger partial charge in [0.15, 0.2) is 11.0 Å². The van der Waals surface area contributed by atoms with Crippen LogP contribution in [0.1, 0.15) is 20.8 Å². The molecule has 0 fully saturated rings. The normalized spacial score (nSPS) is 11.6. The highest BCUT2D eigenvalue weighted by atomic mass is 32.2. The van der Waals surface area contributed by atoms with Crippen LogP contribution in [0.4, 0.5) is 11.4 Å². The lowest BCUT2D eigenvalue weighted by atomic mass is 10.1. The maximum absolute atomic E-state index is 13.2. The number of aryl methyl sites for hydroxylation is 2. The SMILES string of the molecule is COc1ccc(NC(=O)c2ccc(-c3ccccn3)s2)cc1S(=O)Nc1c(C)cccc1C. The summed E-state index contributed by atoms with van der Waals surface area (Å²) in [6.07, 6.45) is 1.72. The first-order valence-electron chi connectivity index (χ1n) is 10.2. The van der Waals surface area contributed by atoms with Crippen molar-refractivity contribution in [3.63, 3.8) is 0 Å². The molecule has 2 heterocycles. The molecule has 0 saturated carbocycles. The fourth-order valence-electron chi connectivity index (χ4n) is 3.32. The number of thiophene rings is 1. The lowest BCUT2D eigenvalue weighted by Gasteiger charge is -2.15. The molecule has 0 aliphatic heterocycles. The minimum atomic E-state index is -1.59. The van der Waals surface area contributed by atoms with E-state index in [-0.39, 0.29) is 5.91 Å². The largest absolute Gasteiger partial charge is 0.495 e. The van der Waals surface area contributed by atoms with E-state index < -0.39 is 11.0 Å². The highest BCUT2D eigenvalue weighted by Gasteiger charge is 2.16. The van der Waals surface area contributed by atoms with Crippen LogP contribution in [0.15, 0.2) is 77.8 Å². The average molecular weight is 478 g/mol. The summed E-state index contributed by atoms with van der Waals surface area (Å²) in [5.41, 5.74) is 4.15. The van der Waals surface area contributed by atoms with Gasteiger partial charge in [-0.05, 0) is 67.4 Å². The van der Waals surface area contributed by atoms with Gasteiger partial charge in [0.1, 0.15) is 10.6 Å². The highest BCUT2D eigenvalue weighted by Crippen LogP contribution is 2.30. The van der Waals surface area contributed by atoms with Crippen molar-refractivity contribution in [2.75, 3.05) is 17.1 Å². The van der Waals surface area contributed by atoms with Gasteiger partial charge in [-0.25, -0.2) is 4.21 Å². The van der Waals surface area contributed by atoms with Gasteiger partial charge in [0.05, 0.1) is 28.2 Å². The first-order valence-corrected chi connectivity index (χ1v) is 12.2. The van der Waals surface area contributed by atoms with E-state index in [9.17, 15) is 9.00 Å². The Bertz CT molecular complexity index is 1300. The van der Waals surface area contributed by atoms with Crippen molar-refractivity contribution in [1.29, 1.82) is 0 Å². The summed E-state index contributed by atoms with van der Waals surface area (Å²) in [6.45, 7) is 3.92. The molecule has 2 aromatic heterocycles. The summed E-state index contributed by atoms with van der Waals surface area (Å²) in [6, 6.07) is 20.3. The summed E-state index contributed by atoms with van der Waals surface area (Å²) in [4.78, 5) is 19.1. The molecule has 0 aliphatic rings. The number of ether oxygens (including phenoxy) is 1. The second-order valence-corrected chi connectivity index (χ2v) is 9.60. The Morgan fingerprint density at radius 1 is 1.00 bits per heavy atom. The molecule has 1 unspecified atom stereocenters. The second kappa shape index (κ2) is 9.97. The number of benzene rings is 2. The monoisotopic (exact) mass is 477 g/mol. The van der Waals surface area contributed by atoms with Gasteiger partial charge in [0.25, 0.3) is 5.91 Å². The molecule has 0 aliphatic carbocycles. The molecule has 2 N–H and O–H groups in total. The topological polar surface area (TPSA) is 80.3 Å². The molecule has 168 valence electrons. The molecular formula is C25H23N3O3S2. The van der Waals surface area contributed by atoms with E-state index in [2.05, 4.69) is 15.0 Å². The molecule has 1 amide bonds. The van der Waals surface area contributed by atoms with Crippen LogP contribution < -0.4 is 14.8 Å². The maximum Gasteiger partial charge on any atom is 0.265 e. The maximum atomic E-state index is 13.2. The minimum Gasteiger partial charge on any atom is -0.495 e. The molecule has 8 heteroatoms. The van der Waals surface area contributed by atoms with Crippen LogP contribution in [0.2, 0.25) is 0 Å². The van der Waals surface area contributed by atoms with Crippen LogP contribution in [-0.4, -0.2) is 22.2 Å². The third-order valence-electron chi connectivity index (χ3n) is 5.04. The second-order valence-electron chi connectivity index (χ2n) is 7.34. The predicted octanol–water partition coefficient (Wildman–Crippen LogP) is 5.82. The number of amides is 1. The lowest BCUT2D eigenvalue weighted by molar-refractivity contribution is 0.103. The van der Waals surface area contributed by atoms with Gasteiger partial charge >= 0.3 is 0 Å². The zero-order valence-electron chi connectivity index (χ0n) is 18.4. The molecule has 4 aromatic rings. The number of hydrogen-bond donors (Lipinski definition) is 2. The Kier molecular flexibility index (Phi) is 6.86. The zero-order valence-corrected chi connectivity index (χ0v) is 20.0. The average Bonchev–Trinajstić information content (AvgIpc) is 3.32. The first kappa shape index (κ1) is 22.7. The van der Waals surface area contributed by atoms with Gasteiger partial charge < -0.3 is 14.8 Å². The zero-order chi connectivity index (χ0) is 23.4. The number of nitrogens with one attached hydrogen (secondary N) is 2. The highest BCUT2D eigenvalue weighted by molar-refractivity contribution is 7.86. The number of anilines is 2. The van der Waals surface area contributed by atoms with Crippen LogP contribution in [-0.2, 0) is 11.0 Å². The Labute approximate surface area is 199 Å². The van der Waals surface area contributed by atoms with Crippen molar-refractivity contribution < 1.29 is 13.7 Å². The number of para-hydroxylation sites is 1. The van der Waals surface area contributed by atoms with E-state index in [1.165, 1.54) is 18.4 Å². The van der Waals surface area contributed by atoms with Gasteiger partial charge in [-0.2, -0.15) is 0 Å².